The van der Waals surface area contributed by atoms with E-state index in [2.05, 4.69) is 37.4 Å². The molecular weight excluding hydrogens is 452 g/mol. The zero-order valence-corrected chi connectivity index (χ0v) is 19.7. The van der Waals surface area contributed by atoms with Crippen LogP contribution in [0.3, 0.4) is 0 Å². The van der Waals surface area contributed by atoms with Crippen LogP contribution in [0.1, 0.15) is 16.7 Å². The topological polar surface area (TPSA) is 137 Å². The summed E-state index contributed by atoms with van der Waals surface area (Å²) in [5.41, 5.74) is 4.59. The summed E-state index contributed by atoms with van der Waals surface area (Å²) >= 11 is 0. The molecule has 0 atom stereocenters. The van der Waals surface area contributed by atoms with E-state index in [0.29, 0.717) is 76.5 Å². The number of aryl methyl sites for hydroxylation is 1. The minimum absolute atomic E-state index is 0.101. The lowest BCUT2D eigenvalue weighted by atomic mass is 10.0. The van der Waals surface area contributed by atoms with E-state index < -0.39 is 6.03 Å². The number of nitrogens with zero attached hydrogens (tertiary/aromatic N) is 6. The van der Waals surface area contributed by atoms with Gasteiger partial charge < -0.3 is 24.4 Å². The number of morpholine rings is 2. The predicted octanol–water partition coefficient (Wildman–Crippen LogP) is 1.44. The molecule has 4 rings (SSSR count). The van der Waals surface area contributed by atoms with Crippen molar-refractivity contribution in [2.45, 2.75) is 13.3 Å². The first-order chi connectivity index (χ1) is 17.0. The number of carbonyl (C=O) groups is 1. The second-order valence-corrected chi connectivity index (χ2v) is 8.14. The van der Waals surface area contributed by atoms with Crippen molar-refractivity contribution in [1.29, 1.82) is 0 Å². The number of phenolic OH excluding ortho intramolecular Hbond substituents is 1. The molecule has 186 valence electrons. The van der Waals surface area contributed by atoms with Crippen molar-refractivity contribution in [2.24, 2.45) is 5.10 Å². The zero-order valence-electron chi connectivity index (χ0n) is 19.7. The third kappa shape index (κ3) is 6.43. The van der Waals surface area contributed by atoms with Gasteiger partial charge in [-0.1, -0.05) is 12.1 Å². The summed E-state index contributed by atoms with van der Waals surface area (Å²) in [6.45, 7) is 10.5. The smallest absolute Gasteiger partial charge is 0.342 e. The van der Waals surface area contributed by atoms with E-state index in [4.69, 9.17) is 9.47 Å². The largest absolute Gasteiger partial charge is 0.507 e. The summed E-state index contributed by atoms with van der Waals surface area (Å²) in [4.78, 5) is 30.0. The third-order valence-electron chi connectivity index (χ3n) is 5.52. The van der Waals surface area contributed by atoms with Crippen LogP contribution in [0.4, 0.5) is 22.6 Å². The fourth-order valence-corrected chi connectivity index (χ4v) is 3.80. The van der Waals surface area contributed by atoms with Gasteiger partial charge in [-0.3, -0.25) is 5.32 Å². The van der Waals surface area contributed by atoms with Crippen molar-refractivity contribution in [3.63, 3.8) is 0 Å². The molecule has 2 aliphatic rings. The number of allylic oxidation sites excluding steroid dienone is 1. The fourth-order valence-electron chi connectivity index (χ4n) is 3.80. The monoisotopic (exact) mass is 482 g/mol. The summed E-state index contributed by atoms with van der Waals surface area (Å²) in [7, 11) is 0. The molecule has 2 saturated heterocycles. The maximum atomic E-state index is 12.5. The Bertz CT molecular complexity index is 1050. The van der Waals surface area contributed by atoms with Crippen LogP contribution in [-0.4, -0.2) is 84.9 Å². The molecule has 2 aliphatic heterocycles. The molecule has 0 unspecified atom stereocenters. The van der Waals surface area contributed by atoms with Gasteiger partial charge in [0.25, 0.3) is 0 Å². The van der Waals surface area contributed by atoms with Gasteiger partial charge in [0.05, 0.1) is 32.6 Å². The number of ether oxygens (including phenoxy) is 2. The molecule has 2 amide bonds. The molecule has 0 saturated carbocycles. The van der Waals surface area contributed by atoms with E-state index in [1.165, 1.54) is 6.21 Å². The van der Waals surface area contributed by atoms with Gasteiger partial charge in [-0.2, -0.15) is 20.1 Å². The molecule has 12 heteroatoms. The summed E-state index contributed by atoms with van der Waals surface area (Å²) < 4.78 is 10.8. The van der Waals surface area contributed by atoms with Crippen LogP contribution >= 0.6 is 0 Å². The Labute approximate surface area is 203 Å². The Morgan fingerprint density at radius 1 is 1.09 bits per heavy atom. The van der Waals surface area contributed by atoms with Crippen molar-refractivity contribution < 1.29 is 19.4 Å². The molecule has 0 bridgehead atoms. The van der Waals surface area contributed by atoms with Crippen LogP contribution in [0, 0.1) is 6.92 Å². The van der Waals surface area contributed by atoms with Gasteiger partial charge in [0.15, 0.2) is 0 Å². The van der Waals surface area contributed by atoms with Gasteiger partial charge in [0.1, 0.15) is 5.75 Å². The number of phenols is 1. The Hall–Kier alpha value is -3.77. The van der Waals surface area contributed by atoms with Gasteiger partial charge >= 0.3 is 6.03 Å². The van der Waals surface area contributed by atoms with Crippen molar-refractivity contribution in [3.8, 4) is 5.75 Å². The highest BCUT2D eigenvalue weighted by atomic mass is 16.5. The number of hydrogen-bond donors (Lipinski definition) is 3. The van der Waals surface area contributed by atoms with Crippen molar-refractivity contribution >= 4 is 30.1 Å². The van der Waals surface area contributed by atoms with Crippen LogP contribution in [0.15, 0.2) is 29.9 Å². The molecule has 3 N–H and O–H groups in total. The van der Waals surface area contributed by atoms with Crippen molar-refractivity contribution in [1.82, 2.24) is 20.4 Å². The Morgan fingerprint density at radius 2 is 1.69 bits per heavy atom. The van der Waals surface area contributed by atoms with Gasteiger partial charge in [-0.05, 0) is 30.5 Å². The van der Waals surface area contributed by atoms with Crippen LogP contribution in [0.25, 0.3) is 0 Å². The molecule has 0 spiro atoms. The summed E-state index contributed by atoms with van der Waals surface area (Å²) in [6, 6.07) is 3.04. The molecule has 2 fully saturated rings. The van der Waals surface area contributed by atoms with Crippen LogP contribution in [0.2, 0.25) is 0 Å². The van der Waals surface area contributed by atoms with Crippen LogP contribution in [0.5, 0.6) is 5.75 Å². The third-order valence-corrected chi connectivity index (χ3v) is 5.52. The molecule has 2 aromatic rings. The number of aromatic nitrogens is 3. The first-order valence-electron chi connectivity index (χ1n) is 11.5. The molecule has 12 nitrogen and oxygen atoms in total. The van der Waals surface area contributed by atoms with E-state index in [0.717, 1.165) is 11.1 Å². The molecule has 1 aromatic carbocycles. The highest BCUT2D eigenvalue weighted by Crippen LogP contribution is 2.24. The maximum absolute atomic E-state index is 12.5. The quantitative estimate of drug-likeness (QED) is 0.304. The lowest BCUT2D eigenvalue weighted by Crippen LogP contribution is -2.40. The maximum Gasteiger partial charge on any atom is 0.342 e. The average Bonchev–Trinajstić information content (AvgIpc) is 2.87. The number of hydrazone groups is 1. The minimum atomic E-state index is -0.619. The van der Waals surface area contributed by atoms with E-state index in [9.17, 15) is 9.90 Å². The summed E-state index contributed by atoms with van der Waals surface area (Å²) in [5, 5.41) is 17.0. The first-order valence-corrected chi connectivity index (χ1v) is 11.5. The lowest BCUT2D eigenvalue weighted by molar-refractivity contribution is 0.121. The van der Waals surface area contributed by atoms with Crippen LogP contribution in [-0.2, 0) is 15.9 Å². The number of urea groups is 1. The average molecular weight is 483 g/mol. The highest BCUT2D eigenvalue weighted by Gasteiger charge is 2.21. The molecular formula is C23H30N8O4. The van der Waals surface area contributed by atoms with Gasteiger partial charge in [-0.25, -0.2) is 10.2 Å². The van der Waals surface area contributed by atoms with Gasteiger partial charge in [0.2, 0.25) is 17.8 Å². The molecule has 0 aliphatic carbocycles. The molecule has 3 heterocycles. The Kier molecular flexibility index (Phi) is 8.06. The number of amides is 2. The number of anilines is 3. The number of rotatable bonds is 7. The first kappa shape index (κ1) is 24.4. The van der Waals surface area contributed by atoms with E-state index in [-0.39, 0.29) is 11.7 Å². The second kappa shape index (κ2) is 11.6. The zero-order chi connectivity index (χ0) is 24.6. The number of aromatic hydroxyl groups is 1. The lowest BCUT2D eigenvalue weighted by Gasteiger charge is -2.30. The van der Waals surface area contributed by atoms with Crippen molar-refractivity contribution in [3.05, 3.63) is 41.5 Å². The van der Waals surface area contributed by atoms with E-state index >= 15 is 0 Å². The standard InChI is InChI=1S/C23H30N8O4/c1-3-4-17-13-16(2)14-18(19(17)32)15-24-29-23(33)27-20-25-21(30-5-9-34-10-6-30)28-22(26-20)31-7-11-35-12-8-31/h3,13-15,32H,1,4-12H2,2H3,(H2,25,26,27,28,29,33)/b24-15+. The summed E-state index contributed by atoms with van der Waals surface area (Å²) in [6.07, 6.45) is 3.63. The Balaban J connectivity index is 1.47. The minimum Gasteiger partial charge on any atom is -0.507 e. The van der Waals surface area contributed by atoms with Gasteiger partial charge in [-0.15, -0.1) is 6.58 Å². The van der Waals surface area contributed by atoms with E-state index in [1.54, 1.807) is 12.1 Å². The number of carbonyl (C=O) groups excluding carboxylic acids is 1. The fraction of sp³-hybridized carbons (Fsp3) is 0.435. The SMILES string of the molecule is C=CCc1cc(C)cc(/C=N/NC(=O)Nc2nc(N3CCOCC3)nc(N3CCOCC3)n2)c1O. The van der Waals surface area contributed by atoms with Gasteiger partial charge in [0, 0.05) is 31.7 Å². The Morgan fingerprint density at radius 3 is 2.26 bits per heavy atom. The number of hydrogen-bond acceptors (Lipinski definition) is 10. The molecule has 35 heavy (non-hydrogen) atoms. The predicted molar refractivity (Wildman–Crippen MR) is 132 cm³/mol. The molecule has 1 aromatic heterocycles. The second-order valence-electron chi connectivity index (χ2n) is 8.14. The highest BCUT2D eigenvalue weighted by molar-refractivity contribution is 5.90. The normalized spacial score (nSPS) is 16.4. The molecule has 0 radical (unpaired) electrons. The van der Waals surface area contributed by atoms with Crippen molar-refractivity contribution in [2.75, 3.05) is 67.7 Å². The summed E-state index contributed by atoms with van der Waals surface area (Å²) in [5.74, 6) is 1.16. The number of benzene rings is 1. The van der Waals surface area contributed by atoms with Crippen LogP contribution < -0.4 is 20.5 Å². The van der Waals surface area contributed by atoms with E-state index in [1.807, 2.05) is 22.8 Å². The number of nitrogens with one attached hydrogen (secondary N) is 2.